The van der Waals surface area contributed by atoms with E-state index in [1.54, 1.807) is 13.2 Å². The first-order valence-corrected chi connectivity index (χ1v) is 7.11. The third-order valence-corrected chi connectivity index (χ3v) is 3.21. The van der Waals surface area contributed by atoms with Gasteiger partial charge in [-0.15, -0.1) is 0 Å². The predicted molar refractivity (Wildman–Crippen MR) is 78.6 cm³/mol. The van der Waals surface area contributed by atoms with Crippen molar-refractivity contribution in [3.05, 3.63) is 33.8 Å². The maximum Gasteiger partial charge on any atom is 0.0462 e. The molecule has 0 aromatic heterocycles. The predicted octanol–water partition coefficient (Wildman–Crippen LogP) is 4.46. The summed E-state index contributed by atoms with van der Waals surface area (Å²) in [5.74, 6) is 0. The van der Waals surface area contributed by atoms with Crippen LogP contribution >= 0.6 is 23.2 Å². The third-order valence-electron chi connectivity index (χ3n) is 2.77. The van der Waals surface area contributed by atoms with E-state index in [0.717, 1.165) is 38.0 Å². The van der Waals surface area contributed by atoms with Gasteiger partial charge in [0.05, 0.1) is 0 Å². The summed E-state index contributed by atoms with van der Waals surface area (Å²) < 4.78 is 5.10. The van der Waals surface area contributed by atoms with Crippen molar-refractivity contribution in [1.82, 2.24) is 5.32 Å². The number of benzene rings is 1. The van der Waals surface area contributed by atoms with E-state index in [1.807, 2.05) is 12.1 Å². The summed E-state index contributed by atoms with van der Waals surface area (Å²) in [6.45, 7) is 3.92. The second-order valence-electron chi connectivity index (χ2n) is 4.34. The van der Waals surface area contributed by atoms with E-state index in [-0.39, 0.29) is 6.04 Å². The van der Waals surface area contributed by atoms with Crippen molar-refractivity contribution in [2.75, 3.05) is 20.3 Å². The molecule has 0 saturated heterocycles. The van der Waals surface area contributed by atoms with Gasteiger partial charge in [-0.05, 0) is 49.6 Å². The van der Waals surface area contributed by atoms with Crippen molar-refractivity contribution >= 4 is 23.2 Å². The Morgan fingerprint density at radius 2 is 1.89 bits per heavy atom. The largest absolute Gasteiger partial charge is 0.385 e. The van der Waals surface area contributed by atoms with E-state index in [2.05, 4.69) is 12.2 Å². The molecule has 0 aliphatic carbocycles. The second kappa shape index (κ2) is 8.76. The summed E-state index contributed by atoms with van der Waals surface area (Å²) in [4.78, 5) is 0. The number of ether oxygens (including phenoxy) is 1. The van der Waals surface area contributed by atoms with E-state index in [0.29, 0.717) is 10.0 Å². The highest BCUT2D eigenvalue weighted by atomic mass is 35.5. The second-order valence-corrected chi connectivity index (χ2v) is 5.22. The first kappa shape index (κ1) is 15.8. The van der Waals surface area contributed by atoms with Gasteiger partial charge in [0, 0.05) is 29.8 Å². The molecule has 0 aliphatic heterocycles. The van der Waals surface area contributed by atoms with E-state index in [1.165, 1.54) is 0 Å². The molecule has 0 saturated carbocycles. The van der Waals surface area contributed by atoms with Gasteiger partial charge in [-0.3, -0.25) is 0 Å². The van der Waals surface area contributed by atoms with E-state index in [9.17, 15) is 0 Å². The Morgan fingerprint density at radius 1 is 1.22 bits per heavy atom. The Bertz CT molecular complexity index is 337. The highest BCUT2D eigenvalue weighted by Gasteiger charge is 2.11. The zero-order valence-electron chi connectivity index (χ0n) is 11.0. The average Bonchev–Trinajstić information content (AvgIpc) is 2.32. The average molecular weight is 290 g/mol. The van der Waals surface area contributed by atoms with Gasteiger partial charge in [-0.2, -0.15) is 0 Å². The van der Waals surface area contributed by atoms with Gasteiger partial charge in [0.15, 0.2) is 0 Å². The Kier molecular flexibility index (Phi) is 7.68. The van der Waals surface area contributed by atoms with Crippen LogP contribution in [0.2, 0.25) is 10.0 Å². The number of rotatable bonds is 8. The van der Waals surface area contributed by atoms with Gasteiger partial charge in [0.2, 0.25) is 0 Å². The molecule has 1 aromatic rings. The lowest BCUT2D eigenvalue weighted by molar-refractivity contribution is 0.188. The Hall–Kier alpha value is -0.280. The molecule has 0 fully saturated rings. The quantitative estimate of drug-likeness (QED) is 0.714. The van der Waals surface area contributed by atoms with Gasteiger partial charge in [-0.25, -0.2) is 0 Å². The maximum absolute atomic E-state index is 6.05. The molecule has 0 amide bonds. The molecule has 2 nitrogen and oxygen atoms in total. The van der Waals surface area contributed by atoms with Crippen LogP contribution in [0.15, 0.2) is 18.2 Å². The van der Waals surface area contributed by atoms with Gasteiger partial charge in [-0.1, -0.05) is 30.1 Å². The SMILES string of the molecule is CCCNC(CCCOC)c1cc(Cl)cc(Cl)c1. The van der Waals surface area contributed by atoms with Crippen LogP contribution in [0.4, 0.5) is 0 Å². The van der Waals surface area contributed by atoms with Crippen molar-refractivity contribution in [2.45, 2.75) is 32.2 Å². The zero-order valence-corrected chi connectivity index (χ0v) is 12.5. The summed E-state index contributed by atoms with van der Waals surface area (Å²) in [6.07, 6.45) is 3.14. The number of methoxy groups -OCH3 is 1. The molecule has 1 aromatic carbocycles. The number of hydrogen-bond donors (Lipinski definition) is 1. The number of nitrogens with one attached hydrogen (secondary N) is 1. The maximum atomic E-state index is 6.05. The van der Waals surface area contributed by atoms with E-state index < -0.39 is 0 Å². The fourth-order valence-corrected chi connectivity index (χ4v) is 2.46. The fourth-order valence-electron chi connectivity index (χ4n) is 1.91. The third kappa shape index (κ3) is 5.57. The molecule has 1 unspecified atom stereocenters. The highest BCUT2D eigenvalue weighted by molar-refractivity contribution is 6.34. The Labute approximate surface area is 120 Å². The van der Waals surface area contributed by atoms with Crippen LogP contribution in [0.3, 0.4) is 0 Å². The smallest absolute Gasteiger partial charge is 0.0462 e. The van der Waals surface area contributed by atoms with Gasteiger partial charge in [0.25, 0.3) is 0 Å². The lowest BCUT2D eigenvalue weighted by Gasteiger charge is -2.19. The van der Waals surface area contributed by atoms with Gasteiger partial charge < -0.3 is 10.1 Å². The summed E-state index contributed by atoms with van der Waals surface area (Å²) in [5.41, 5.74) is 1.15. The van der Waals surface area contributed by atoms with Crippen LogP contribution in [0.1, 0.15) is 37.8 Å². The molecule has 1 atom stereocenters. The molecule has 18 heavy (non-hydrogen) atoms. The molecule has 1 rings (SSSR count). The van der Waals surface area contributed by atoms with Crippen LogP contribution in [-0.2, 0) is 4.74 Å². The summed E-state index contributed by atoms with van der Waals surface area (Å²) in [6, 6.07) is 6.01. The van der Waals surface area contributed by atoms with E-state index >= 15 is 0 Å². The zero-order chi connectivity index (χ0) is 13.4. The van der Waals surface area contributed by atoms with Gasteiger partial charge in [0.1, 0.15) is 0 Å². The number of halogens is 2. The molecule has 0 aliphatic rings. The van der Waals surface area contributed by atoms with Crippen LogP contribution in [0.25, 0.3) is 0 Å². The summed E-state index contributed by atoms with van der Waals surface area (Å²) in [7, 11) is 1.73. The van der Waals surface area contributed by atoms with E-state index in [4.69, 9.17) is 27.9 Å². The first-order chi connectivity index (χ1) is 8.67. The minimum Gasteiger partial charge on any atom is -0.385 e. The normalized spacial score (nSPS) is 12.7. The van der Waals surface area contributed by atoms with Crippen molar-refractivity contribution in [2.24, 2.45) is 0 Å². The van der Waals surface area contributed by atoms with Crippen molar-refractivity contribution in [3.8, 4) is 0 Å². The van der Waals surface area contributed by atoms with Crippen LogP contribution in [-0.4, -0.2) is 20.3 Å². The van der Waals surface area contributed by atoms with Crippen molar-refractivity contribution in [1.29, 1.82) is 0 Å². The van der Waals surface area contributed by atoms with Crippen LogP contribution < -0.4 is 5.32 Å². The van der Waals surface area contributed by atoms with Gasteiger partial charge >= 0.3 is 0 Å². The summed E-state index contributed by atoms with van der Waals surface area (Å²) in [5, 5.41) is 4.90. The monoisotopic (exact) mass is 289 g/mol. The topological polar surface area (TPSA) is 21.3 Å². The Morgan fingerprint density at radius 3 is 2.44 bits per heavy atom. The standard InChI is InChI=1S/C14H21Cl2NO/c1-3-6-17-14(5-4-7-18-2)11-8-12(15)10-13(16)9-11/h8-10,14,17H,3-7H2,1-2H3. The molecular formula is C14H21Cl2NO. The molecule has 102 valence electrons. The minimum atomic E-state index is 0.288. The van der Waals surface area contributed by atoms with Crippen LogP contribution in [0, 0.1) is 0 Å². The summed E-state index contributed by atoms with van der Waals surface area (Å²) >= 11 is 12.1. The lowest BCUT2D eigenvalue weighted by atomic mass is 10.0. The molecule has 1 N–H and O–H groups in total. The highest BCUT2D eigenvalue weighted by Crippen LogP contribution is 2.26. The number of hydrogen-bond acceptors (Lipinski definition) is 2. The fraction of sp³-hybridized carbons (Fsp3) is 0.571. The molecule has 0 bridgehead atoms. The molecular weight excluding hydrogens is 269 g/mol. The molecule has 0 spiro atoms. The minimum absolute atomic E-state index is 0.288. The molecule has 0 radical (unpaired) electrons. The first-order valence-electron chi connectivity index (χ1n) is 6.35. The Balaban J connectivity index is 2.72. The van der Waals surface area contributed by atoms with Crippen LogP contribution in [0.5, 0.6) is 0 Å². The van der Waals surface area contributed by atoms with Crippen molar-refractivity contribution in [3.63, 3.8) is 0 Å². The molecule has 4 heteroatoms. The van der Waals surface area contributed by atoms with Crippen molar-refractivity contribution < 1.29 is 4.74 Å². The lowest BCUT2D eigenvalue weighted by Crippen LogP contribution is -2.22. The molecule has 0 heterocycles.